The average molecular weight is 289 g/mol. The molecule has 2 fully saturated rings. The first-order valence-corrected chi connectivity index (χ1v) is 6.24. The molecule has 1 aromatic carbocycles. The van der Waals surface area contributed by atoms with Crippen LogP contribution in [-0.2, 0) is 0 Å². The zero-order valence-electron chi connectivity index (χ0n) is 10.9. The molecule has 3 atom stereocenters. The molecule has 3 rings (SSSR count). The lowest BCUT2D eigenvalue weighted by Gasteiger charge is -2.26. The van der Waals surface area contributed by atoms with Crippen molar-refractivity contribution in [1.29, 1.82) is 0 Å². The van der Waals surface area contributed by atoms with Crippen LogP contribution in [0.3, 0.4) is 0 Å². The van der Waals surface area contributed by atoms with Gasteiger partial charge in [-0.3, -0.25) is 4.90 Å². The van der Waals surface area contributed by atoms with Crippen LogP contribution in [0, 0.1) is 18.8 Å². The highest BCUT2D eigenvalue weighted by Gasteiger charge is 2.43. The lowest BCUT2D eigenvalue weighted by Crippen LogP contribution is -2.26. The number of fused-ring (bicyclic) bond motifs is 1. The number of nitrogens with one attached hydrogen (secondary N) is 1. The maximum atomic E-state index is 3.54. The minimum absolute atomic E-state index is 0. The van der Waals surface area contributed by atoms with Crippen molar-refractivity contribution in [3.05, 3.63) is 35.4 Å². The van der Waals surface area contributed by atoms with E-state index in [0.717, 1.165) is 11.8 Å². The van der Waals surface area contributed by atoms with Gasteiger partial charge in [-0.1, -0.05) is 24.3 Å². The van der Waals surface area contributed by atoms with Gasteiger partial charge in [0.05, 0.1) is 0 Å². The number of hydrogen-bond acceptors (Lipinski definition) is 2. The van der Waals surface area contributed by atoms with Crippen LogP contribution in [0.15, 0.2) is 24.3 Å². The molecule has 1 N–H and O–H groups in total. The van der Waals surface area contributed by atoms with E-state index in [1.807, 2.05) is 0 Å². The van der Waals surface area contributed by atoms with E-state index in [-0.39, 0.29) is 24.8 Å². The van der Waals surface area contributed by atoms with Crippen LogP contribution in [0.2, 0.25) is 0 Å². The van der Waals surface area contributed by atoms with Crippen molar-refractivity contribution in [3.8, 4) is 0 Å². The summed E-state index contributed by atoms with van der Waals surface area (Å²) in [4.78, 5) is 2.54. The van der Waals surface area contributed by atoms with Crippen LogP contribution >= 0.6 is 24.8 Å². The van der Waals surface area contributed by atoms with E-state index >= 15 is 0 Å². The molecule has 0 aromatic heterocycles. The summed E-state index contributed by atoms with van der Waals surface area (Å²) >= 11 is 0. The summed E-state index contributed by atoms with van der Waals surface area (Å²) in [6.07, 6.45) is 0. The fraction of sp³-hybridized carbons (Fsp3) is 0.571. The van der Waals surface area contributed by atoms with Crippen LogP contribution in [0.4, 0.5) is 0 Å². The Morgan fingerprint density at radius 3 is 2.61 bits per heavy atom. The highest BCUT2D eigenvalue weighted by atomic mass is 35.5. The molecule has 2 aliphatic heterocycles. The van der Waals surface area contributed by atoms with Crippen molar-refractivity contribution in [1.82, 2.24) is 10.2 Å². The predicted octanol–water partition coefficient (Wildman–Crippen LogP) is 2.66. The molecule has 0 radical (unpaired) electrons. The zero-order chi connectivity index (χ0) is 11.1. The minimum Gasteiger partial charge on any atom is -0.316 e. The Labute approximate surface area is 122 Å². The van der Waals surface area contributed by atoms with E-state index in [9.17, 15) is 0 Å². The van der Waals surface area contributed by atoms with Crippen LogP contribution in [-0.4, -0.2) is 31.6 Å². The maximum Gasteiger partial charge on any atom is 0.0391 e. The fourth-order valence-electron chi connectivity index (χ4n) is 3.52. The summed E-state index contributed by atoms with van der Waals surface area (Å²) in [5.74, 6) is 1.67. The molecule has 0 amide bonds. The summed E-state index contributed by atoms with van der Waals surface area (Å²) < 4.78 is 0. The first-order valence-electron chi connectivity index (χ1n) is 6.24. The Hall–Kier alpha value is -0.280. The SMILES string of the molecule is Cc1ccccc1[C@@H]1[C@@H]2CNC[C@@H]2CN1C.Cl.Cl. The summed E-state index contributed by atoms with van der Waals surface area (Å²) in [5, 5.41) is 3.54. The quantitative estimate of drug-likeness (QED) is 0.855. The Morgan fingerprint density at radius 1 is 1.17 bits per heavy atom. The normalized spacial score (nSPS) is 30.4. The van der Waals surface area contributed by atoms with Gasteiger partial charge in [0.2, 0.25) is 0 Å². The summed E-state index contributed by atoms with van der Waals surface area (Å²) in [6.45, 7) is 5.88. The largest absolute Gasteiger partial charge is 0.316 e. The average Bonchev–Trinajstić information content (AvgIpc) is 2.79. The summed E-state index contributed by atoms with van der Waals surface area (Å²) in [7, 11) is 2.27. The van der Waals surface area contributed by atoms with Gasteiger partial charge in [0.15, 0.2) is 0 Å². The molecule has 2 heterocycles. The number of halogens is 2. The van der Waals surface area contributed by atoms with E-state index in [2.05, 4.69) is 48.5 Å². The molecule has 4 heteroatoms. The molecular weight excluding hydrogens is 267 g/mol. The first-order chi connectivity index (χ1) is 7.77. The third-order valence-corrected chi connectivity index (χ3v) is 4.30. The molecule has 2 nitrogen and oxygen atoms in total. The van der Waals surface area contributed by atoms with Crippen molar-refractivity contribution >= 4 is 24.8 Å². The first kappa shape index (κ1) is 15.8. The lowest BCUT2D eigenvalue weighted by molar-refractivity contribution is 0.275. The van der Waals surface area contributed by atoms with E-state index < -0.39 is 0 Å². The molecule has 0 aliphatic carbocycles. The predicted molar refractivity (Wildman–Crippen MR) is 80.9 cm³/mol. The monoisotopic (exact) mass is 288 g/mol. The van der Waals surface area contributed by atoms with Gasteiger partial charge in [-0.05, 0) is 43.5 Å². The van der Waals surface area contributed by atoms with Crippen molar-refractivity contribution < 1.29 is 0 Å². The number of nitrogens with zero attached hydrogens (tertiary/aromatic N) is 1. The van der Waals surface area contributed by atoms with Gasteiger partial charge in [-0.25, -0.2) is 0 Å². The third kappa shape index (κ3) is 2.53. The van der Waals surface area contributed by atoms with E-state index in [1.165, 1.54) is 30.8 Å². The van der Waals surface area contributed by atoms with Crippen molar-refractivity contribution in [2.45, 2.75) is 13.0 Å². The second-order valence-electron chi connectivity index (χ2n) is 5.32. The fourth-order valence-corrected chi connectivity index (χ4v) is 3.52. The van der Waals surface area contributed by atoms with Crippen molar-refractivity contribution in [2.24, 2.45) is 11.8 Å². The molecule has 0 spiro atoms. The van der Waals surface area contributed by atoms with Crippen molar-refractivity contribution in [3.63, 3.8) is 0 Å². The van der Waals surface area contributed by atoms with E-state index in [4.69, 9.17) is 0 Å². The zero-order valence-corrected chi connectivity index (χ0v) is 12.6. The Kier molecular flexibility index (Phi) is 5.47. The molecular formula is C14H22Cl2N2. The molecule has 18 heavy (non-hydrogen) atoms. The highest BCUT2D eigenvalue weighted by molar-refractivity contribution is 5.85. The van der Waals surface area contributed by atoms with E-state index in [0.29, 0.717) is 6.04 Å². The van der Waals surface area contributed by atoms with Crippen LogP contribution in [0.1, 0.15) is 17.2 Å². The number of aryl methyl sites for hydroxylation is 1. The number of likely N-dealkylation sites (tertiary alicyclic amines) is 1. The molecule has 2 saturated heterocycles. The summed E-state index contributed by atoms with van der Waals surface area (Å²) in [5.41, 5.74) is 2.97. The Bertz CT molecular complexity index is 397. The molecule has 0 bridgehead atoms. The van der Waals surface area contributed by atoms with Crippen molar-refractivity contribution in [2.75, 3.05) is 26.7 Å². The molecule has 0 saturated carbocycles. The second-order valence-corrected chi connectivity index (χ2v) is 5.32. The summed E-state index contributed by atoms with van der Waals surface area (Å²) in [6, 6.07) is 9.47. The molecule has 102 valence electrons. The molecule has 2 aliphatic rings. The Balaban J connectivity index is 0.000000810. The number of rotatable bonds is 1. The number of hydrogen-bond donors (Lipinski definition) is 1. The third-order valence-electron chi connectivity index (χ3n) is 4.30. The number of benzene rings is 1. The van der Waals surface area contributed by atoms with Crippen LogP contribution in [0.5, 0.6) is 0 Å². The highest BCUT2D eigenvalue weighted by Crippen LogP contribution is 2.42. The van der Waals surface area contributed by atoms with Gasteiger partial charge in [0.25, 0.3) is 0 Å². The maximum absolute atomic E-state index is 3.54. The molecule has 1 aromatic rings. The van der Waals surface area contributed by atoms with Gasteiger partial charge in [0, 0.05) is 19.1 Å². The Morgan fingerprint density at radius 2 is 1.89 bits per heavy atom. The second kappa shape index (κ2) is 6.25. The molecule has 0 unspecified atom stereocenters. The van der Waals surface area contributed by atoms with Crippen LogP contribution in [0.25, 0.3) is 0 Å². The lowest BCUT2D eigenvalue weighted by atomic mass is 9.88. The minimum atomic E-state index is 0. The van der Waals surface area contributed by atoms with E-state index in [1.54, 1.807) is 0 Å². The van der Waals surface area contributed by atoms with Gasteiger partial charge in [0.1, 0.15) is 0 Å². The smallest absolute Gasteiger partial charge is 0.0391 e. The van der Waals surface area contributed by atoms with Gasteiger partial charge in [-0.2, -0.15) is 0 Å². The topological polar surface area (TPSA) is 15.3 Å². The standard InChI is InChI=1S/C14H20N2.2ClH/c1-10-5-3-4-6-12(10)14-13-8-15-7-11(13)9-16(14)2;;/h3-6,11,13-15H,7-9H2,1-2H3;2*1H/t11-,13-,14-;;/m1../s1. The van der Waals surface area contributed by atoms with Gasteiger partial charge < -0.3 is 5.32 Å². The van der Waals surface area contributed by atoms with Gasteiger partial charge in [-0.15, -0.1) is 24.8 Å². The van der Waals surface area contributed by atoms with Gasteiger partial charge >= 0.3 is 0 Å². The van der Waals surface area contributed by atoms with Crippen LogP contribution < -0.4 is 5.32 Å².